The highest BCUT2D eigenvalue weighted by molar-refractivity contribution is 8.00. The van der Waals surface area contributed by atoms with Crippen LogP contribution in [0.5, 0.6) is 11.5 Å². The van der Waals surface area contributed by atoms with Gasteiger partial charge < -0.3 is 19.1 Å². The Morgan fingerprint density at radius 1 is 1.06 bits per heavy atom. The van der Waals surface area contributed by atoms with Gasteiger partial charge in [-0.05, 0) is 43.0 Å². The second-order valence-corrected chi connectivity index (χ2v) is 9.29. The van der Waals surface area contributed by atoms with Crippen molar-refractivity contribution in [2.75, 3.05) is 39.7 Å². The maximum absolute atomic E-state index is 12.8. The number of carbonyl (C=O) groups is 2. The Balaban J connectivity index is 1.29. The van der Waals surface area contributed by atoms with Crippen molar-refractivity contribution >= 4 is 23.8 Å². The highest BCUT2D eigenvalue weighted by Gasteiger charge is 2.39. The van der Waals surface area contributed by atoms with Crippen molar-refractivity contribution < 1.29 is 23.8 Å². The number of benzene rings is 2. The molecule has 0 aromatic heterocycles. The molecule has 0 radical (unpaired) electrons. The van der Waals surface area contributed by atoms with Crippen LogP contribution in [0.25, 0.3) is 0 Å². The molecule has 2 aromatic rings. The Morgan fingerprint density at radius 3 is 2.48 bits per heavy atom. The fourth-order valence-corrected chi connectivity index (χ4v) is 5.33. The van der Waals surface area contributed by atoms with Gasteiger partial charge in [0.2, 0.25) is 5.91 Å². The van der Waals surface area contributed by atoms with Crippen LogP contribution in [0.15, 0.2) is 53.4 Å². The number of likely N-dealkylation sites (tertiary alicyclic amines) is 1. The van der Waals surface area contributed by atoms with Crippen molar-refractivity contribution in [3.8, 4) is 11.5 Å². The van der Waals surface area contributed by atoms with Crippen molar-refractivity contribution in [3.63, 3.8) is 0 Å². The Labute approximate surface area is 199 Å². The van der Waals surface area contributed by atoms with Crippen LogP contribution in [0, 0.1) is 0 Å². The zero-order valence-electron chi connectivity index (χ0n) is 19.1. The predicted molar refractivity (Wildman–Crippen MR) is 127 cm³/mol. The summed E-state index contributed by atoms with van der Waals surface area (Å²) in [4.78, 5) is 30.0. The largest absolute Gasteiger partial charge is 0.493 e. The third-order valence-electron chi connectivity index (χ3n) is 6.25. The van der Waals surface area contributed by atoms with Crippen molar-refractivity contribution in [1.82, 2.24) is 9.80 Å². The molecule has 0 saturated carbocycles. The van der Waals surface area contributed by atoms with Gasteiger partial charge in [-0.2, -0.15) is 0 Å². The number of nitrogens with zero attached hydrogens (tertiary/aromatic N) is 2. The highest BCUT2D eigenvalue weighted by atomic mass is 32.2. The van der Waals surface area contributed by atoms with E-state index in [2.05, 4.69) is 12.1 Å². The number of hydrogen-bond donors (Lipinski definition) is 0. The van der Waals surface area contributed by atoms with Gasteiger partial charge in [0, 0.05) is 24.0 Å². The van der Waals surface area contributed by atoms with E-state index in [1.165, 1.54) is 17.3 Å². The van der Waals surface area contributed by atoms with Gasteiger partial charge >= 0.3 is 6.09 Å². The molecular weight excluding hydrogens is 440 g/mol. The molecule has 2 amide bonds. The molecule has 33 heavy (non-hydrogen) atoms. The molecule has 0 bridgehead atoms. The van der Waals surface area contributed by atoms with Gasteiger partial charge in [0.25, 0.3) is 0 Å². The van der Waals surface area contributed by atoms with Crippen LogP contribution >= 0.6 is 11.8 Å². The van der Waals surface area contributed by atoms with Crippen LogP contribution in [0.2, 0.25) is 0 Å². The topological polar surface area (TPSA) is 68.3 Å². The standard InChI is InChI=1S/C25H30N2O5S/c1-30-22-9-8-21(15-23(22)31-2)33-17-24(28)26-12-10-19(11-13-26)27-20(16-32-25(27)29)14-18-6-4-3-5-7-18/h3-9,15,19-20H,10-14,16-17H2,1-2H3. The summed E-state index contributed by atoms with van der Waals surface area (Å²) in [6.45, 7) is 1.73. The minimum absolute atomic E-state index is 0.0489. The van der Waals surface area contributed by atoms with Crippen LogP contribution in [-0.4, -0.2) is 73.6 Å². The number of ether oxygens (including phenoxy) is 3. The van der Waals surface area contributed by atoms with E-state index in [0.29, 0.717) is 36.9 Å². The molecule has 2 heterocycles. The molecule has 1 unspecified atom stereocenters. The second kappa shape index (κ2) is 10.8. The molecule has 7 nitrogen and oxygen atoms in total. The quantitative estimate of drug-likeness (QED) is 0.546. The average molecular weight is 471 g/mol. The smallest absolute Gasteiger partial charge is 0.410 e. The van der Waals surface area contributed by atoms with Crippen LogP contribution < -0.4 is 9.47 Å². The van der Waals surface area contributed by atoms with Crippen LogP contribution in [-0.2, 0) is 16.0 Å². The molecule has 176 valence electrons. The first-order valence-corrected chi connectivity index (χ1v) is 12.2. The van der Waals surface area contributed by atoms with Gasteiger partial charge in [0.05, 0.1) is 26.0 Å². The molecule has 8 heteroatoms. The number of rotatable bonds is 8. The normalized spacial score (nSPS) is 18.8. The van der Waals surface area contributed by atoms with E-state index in [9.17, 15) is 9.59 Å². The number of thioether (sulfide) groups is 1. The maximum atomic E-state index is 12.8. The van der Waals surface area contributed by atoms with E-state index in [0.717, 1.165) is 24.2 Å². The zero-order chi connectivity index (χ0) is 23.2. The van der Waals surface area contributed by atoms with Crippen molar-refractivity contribution in [2.24, 2.45) is 0 Å². The van der Waals surface area contributed by atoms with E-state index >= 15 is 0 Å². The predicted octanol–water partition coefficient (Wildman–Crippen LogP) is 3.85. The molecule has 2 fully saturated rings. The molecule has 2 aliphatic rings. The number of cyclic esters (lactones) is 1. The molecule has 2 aliphatic heterocycles. The summed E-state index contributed by atoms with van der Waals surface area (Å²) < 4.78 is 16.0. The van der Waals surface area contributed by atoms with Gasteiger partial charge in [-0.3, -0.25) is 9.69 Å². The lowest BCUT2D eigenvalue weighted by Crippen LogP contribution is -2.50. The summed E-state index contributed by atoms with van der Waals surface area (Å²) in [6.07, 6.45) is 2.10. The third-order valence-corrected chi connectivity index (χ3v) is 7.22. The fourth-order valence-electron chi connectivity index (χ4n) is 4.50. The van der Waals surface area contributed by atoms with Gasteiger partial charge in [0.15, 0.2) is 11.5 Å². The number of hydrogen-bond acceptors (Lipinski definition) is 6. The number of amides is 2. The lowest BCUT2D eigenvalue weighted by molar-refractivity contribution is -0.129. The lowest BCUT2D eigenvalue weighted by atomic mass is 9.99. The van der Waals surface area contributed by atoms with Gasteiger partial charge in [-0.25, -0.2) is 4.79 Å². The summed E-state index contributed by atoms with van der Waals surface area (Å²) >= 11 is 1.49. The Bertz CT molecular complexity index is 963. The van der Waals surface area contributed by atoms with E-state index in [1.807, 2.05) is 46.2 Å². The molecule has 0 N–H and O–H groups in total. The minimum atomic E-state index is -0.232. The number of methoxy groups -OCH3 is 2. The van der Waals surface area contributed by atoms with E-state index in [4.69, 9.17) is 14.2 Å². The molecule has 0 aliphatic carbocycles. The first-order valence-electron chi connectivity index (χ1n) is 11.2. The monoisotopic (exact) mass is 470 g/mol. The van der Waals surface area contributed by atoms with Crippen molar-refractivity contribution in [1.29, 1.82) is 0 Å². The SMILES string of the molecule is COc1ccc(SCC(=O)N2CCC(N3C(=O)OCC3Cc3ccccc3)CC2)cc1OC. The molecule has 2 aromatic carbocycles. The Morgan fingerprint density at radius 2 is 1.79 bits per heavy atom. The number of piperidine rings is 1. The summed E-state index contributed by atoms with van der Waals surface area (Å²) in [6, 6.07) is 16.0. The zero-order valence-corrected chi connectivity index (χ0v) is 19.9. The molecule has 2 saturated heterocycles. The summed E-state index contributed by atoms with van der Waals surface area (Å²) in [7, 11) is 3.20. The van der Waals surface area contributed by atoms with Crippen molar-refractivity contribution in [2.45, 2.75) is 36.2 Å². The van der Waals surface area contributed by atoms with E-state index in [1.54, 1.807) is 14.2 Å². The highest BCUT2D eigenvalue weighted by Crippen LogP contribution is 2.32. The number of carbonyl (C=O) groups excluding carboxylic acids is 2. The molecule has 4 rings (SSSR count). The maximum Gasteiger partial charge on any atom is 0.410 e. The Kier molecular flexibility index (Phi) is 7.65. The first-order chi connectivity index (χ1) is 16.1. The van der Waals surface area contributed by atoms with Gasteiger partial charge in [-0.1, -0.05) is 30.3 Å². The summed E-state index contributed by atoms with van der Waals surface area (Å²) in [5.74, 6) is 1.79. The first kappa shape index (κ1) is 23.3. The Hall–Kier alpha value is -2.87. The van der Waals surface area contributed by atoms with Crippen LogP contribution in [0.1, 0.15) is 18.4 Å². The summed E-state index contributed by atoms with van der Waals surface area (Å²) in [5.41, 5.74) is 1.20. The average Bonchev–Trinajstić information content (AvgIpc) is 3.22. The van der Waals surface area contributed by atoms with Crippen LogP contribution in [0.3, 0.4) is 0 Å². The summed E-state index contributed by atoms with van der Waals surface area (Å²) in [5, 5.41) is 0. The van der Waals surface area contributed by atoms with Crippen molar-refractivity contribution in [3.05, 3.63) is 54.1 Å². The lowest BCUT2D eigenvalue weighted by Gasteiger charge is -2.38. The van der Waals surface area contributed by atoms with Crippen LogP contribution in [0.4, 0.5) is 4.79 Å². The van der Waals surface area contributed by atoms with E-state index in [-0.39, 0.29) is 24.1 Å². The molecule has 1 atom stereocenters. The van der Waals surface area contributed by atoms with E-state index < -0.39 is 0 Å². The molecular formula is C25H30N2O5S. The third kappa shape index (κ3) is 5.55. The molecule has 0 spiro atoms. The fraction of sp³-hybridized carbons (Fsp3) is 0.440. The van der Waals surface area contributed by atoms with Gasteiger partial charge in [0.1, 0.15) is 6.61 Å². The minimum Gasteiger partial charge on any atom is -0.493 e. The van der Waals surface area contributed by atoms with Gasteiger partial charge in [-0.15, -0.1) is 11.8 Å². The second-order valence-electron chi connectivity index (χ2n) is 8.25.